The van der Waals surface area contributed by atoms with Crippen molar-refractivity contribution < 1.29 is 9.18 Å². The third-order valence-electron chi connectivity index (χ3n) is 2.79. The summed E-state index contributed by atoms with van der Waals surface area (Å²) < 4.78 is 13.5. The van der Waals surface area contributed by atoms with Crippen molar-refractivity contribution in [1.82, 2.24) is 0 Å². The lowest BCUT2D eigenvalue weighted by atomic mass is 10.1. The number of benzene rings is 2. The fourth-order valence-corrected chi connectivity index (χ4v) is 1.85. The van der Waals surface area contributed by atoms with Gasteiger partial charge in [-0.25, -0.2) is 4.39 Å². The van der Waals surface area contributed by atoms with E-state index in [0.29, 0.717) is 11.3 Å². The molecule has 3 nitrogen and oxygen atoms in total. The molecule has 0 aliphatic carbocycles. The zero-order valence-electron chi connectivity index (χ0n) is 11.4. The van der Waals surface area contributed by atoms with E-state index in [2.05, 4.69) is 17.2 Å². The molecule has 0 saturated heterocycles. The minimum Gasteiger partial charge on any atom is -0.326 e. The summed E-state index contributed by atoms with van der Waals surface area (Å²) in [4.78, 5) is 11.9. The number of hydrogen-bond acceptors (Lipinski definition) is 2. The fourth-order valence-electron chi connectivity index (χ4n) is 1.85. The zero-order valence-corrected chi connectivity index (χ0v) is 11.4. The molecule has 0 aliphatic rings. The summed E-state index contributed by atoms with van der Waals surface area (Å²) in [5.74, 6) is 4.98. The van der Waals surface area contributed by atoms with Gasteiger partial charge in [0.2, 0.25) is 5.91 Å². The summed E-state index contributed by atoms with van der Waals surface area (Å²) in [5.41, 5.74) is 7.08. The Hall–Kier alpha value is -2.64. The Bertz CT molecular complexity index is 701. The Balaban J connectivity index is 2.04. The lowest BCUT2D eigenvalue weighted by molar-refractivity contribution is -0.115. The maximum atomic E-state index is 13.5. The number of anilines is 1. The summed E-state index contributed by atoms with van der Waals surface area (Å²) in [7, 11) is 0. The Morgan fingerprint density at radius 2 is 2.00 bits per heavy atom. The molecule has 0 atom stereocenters. The van der Waals surface area contributed by atoms with Crippen LogP contribution in [-0.2, 0) is 11.2 Å². The van der Waals surface area contributed by atoms with E-state index in [9.17, 15) is 9.18 Å². The standard InChI is InChI=1S/C17H15FN2O/c18-16-9-2-1-7-14(16)12-17(21)20-15-8-3-5-13(11-15)6-4-10-19/h1-3,5,7-9,11H,10,12,19H2,(H,20,21). The third-order valence-corrected chi connectivity index (χ3v) is 2.79. The van der Waals surface area contributed by atoms with Gasteiger partial charge >= 0.3 is 0 Å². The van der Waals surface area contributed by atoms with E-state index in [4.69, 9.17) is 5.73 Å². The van der Waals surface area contributed by atoms with Crippen LogP contribution in [0.2, 0.25) is 0 Å². The molecule has 0 aromatic heterocycles. The predicted molar refractivity (Wildman–Crippen MR) is 81.1 cm³/mol. The molecule has 106 valence electrons. The van der Waals surface area contributed by atoms with E-state index in [1.54, 1.807) is 36.4 Å². The molecule has 0 heterocycles. The normalized spacial score (nSPS) is 9.62. The van der Waals surface area contributed by atoms with Crippen molar-refractivity contribution in [2.45, 2.75) is 6.42 Å². The molecule has 2 aromatic rings. The summed E-state index contributed by atoms with van der Waals surface area (Å²) in [6.07, 6.45) is -0.00855. The third kappa shape index (κ3) is 4.44. The predicted octanol–water partition coefficient (Wildman–Crippen LogP) is 2.32. The Morgan fingerprint density at radius 1 is 1.19 bits per heavy atom. The molecule has 3 N–H and O–H groups in total. The fraction of sp³-hybridized carbons (Fsp3) is 0.118. The van der Waals surface area contributed by atoms with Gasteiger partial charge in [0.05, 0.1) is 13.0 Å². The van der Waals surface area contributed by atoms with Gasteiger partial charge in [-0.15, -0.1) is 0 Å². The van der Waals surface area contributed by atoms with Crippen molar-refractivity contribution in [3.63, 3.8) is 0 Å². The van der Waals surface area contributed by atoms with Crippen LogP contribution in [0.4, 0.5) is 10.1 Å². The number of nitrogens with two attached hydrogens (primary N) is 1. The number of carbonyl (C=O) groups excluding carboxylic acids is 1. The molecule has 0 fully saturated rings. The van der Waals surface area contributed by atoms with E-state index in [1.807, 2.05) is 6.07 Å². The van der Waals surface area contributed by atoms with Crippen LogP contribution in [0.3, 0.4) is 0 Å². The monoisotopic (exact) mass is 282 g/mol. The van der Waals surface area contributed by atoms with Gasteiger partial charge in [0, 0.05) is 11.3 Å². The quantitative estimate of drug-likeness (QED) is 0.849. The van der Waals surface area contributed by atoms with Crippen LogP contribution >= 0.6 is 0 Å². The Kier molecular flexibility index (Phi) is 5.08. The lowest BCUT2D eigenvalue weighted by Gasteiger charge is -2.06. The number of halogens is 1. The van der Waals surface area contributed by atoms with Gasteiger partial charge in [-0.05, 0) is 29.8 Å². The number of carbonyl (C=O) groups is 1. The van der Waals surface area contributed by atoms with Crippen molar-refractivity contribution in [1.29, 1.82) is 0 Å². The van der Waals surface area contributed by atoms with Gasteiger partial charge in [0.15, 0.2) is 0 Å². The molecule has 21 heavy (non-hydrogen) atoms. The first kappa shape index (κ1) is 14.8. The van der Waals surface area contributed by atoms with Crippen molar-refractivity contribution in [3.05, 3.63) is 65.5 Å². The van der Waals surface area contributed by atoms with Crippen molar-refractivity contribution in [3.8, 4) is 11.8 Å². The molecule has 4 heteroatoms. The van der Waals surface area contributed by atoms with Crippen LogP contribution in [0, 0.1) is 17.7 Å². The van der Waals surface area contributed by atoms with Gasteiger partial charge in [-0.2, -0.15) is 0 Å². The molecular formula is C17H15FN2O. The van der Waals surface area contributed by atoms with Gasteiger partial charge in [-0.1, -0.05) is 36.1 Å². The van der Waals surface area contributed by atoms with E-state index in [0.717, 1.165) is 5.56 Å². The average Bonchev–Trinajstić information content (AvgIpc) is 2.48. The summed E-state index contributed by atoms with van der Waals surface area (Å²) in [5, 5.41) is 2.73. The smallest absolute Gasteiger partial charge is 0.228 e. The molecule has 0 radical (unpaired) electrons. The molecule has 0 bridgehead atoms. The Morgan fingerprint density at radius 3 is 2.76 bits per heavy atom. The summed E-state index contributed by atoms with van der Waals surface area (Å²) in [6.45, 7) is 0.282. The highest BCUT2D eigenvalue weighted by Gasteiger charge is 2.07. The molecule has 0 spiro atoms. The first-order valence-corrected chi connectivity index (χ1v) is 6.51. The van der Waals surface area contributed by atoms with Gasteiger partial charge in [-0.3, -0.25) is 4.79 Å². The van der Waals surface area contributed by atoms with E-state index >= 15 is 0 Å². The summed E-state index contributed by atoms with van der Waals surface area (Å²) >= 11 is 0. The van der Waals surface area contributed by atoms with Gasteiger partial charge in [0.25, 0.3) is 0 Å². The summed E-state index contributed by atoms with van der Waals surface area (Å²) in [6, 6.07) is 13.4. The van der Waals surface area contributed by atoms with Gasteiger partial charge < -0.3 is 11.1 Å². The van der Waals surface area contributed by atoms with Crippen LogP contribution < -0.4 is 11.1 Å². The second kappa shape index (κ2) is 7.22. The molecule has 2 aromatic carbocycles. The molecule has 0 unspecified atom stereocenters. The minimum absolute atomic E-state index is 0.00855. The average molecular weight is 282 g/mol. The van der Waals surface area contributed by atoms with Crippen LogP contribution in [0.5, 0.6) is 0 Å². The van der Waals surface area contributed by atoms with Crippen LogP contribution in [0.15, 0.2) is 48.5 Å². The van der Waals surface area contributed by atoms with Crippen molar-refractivity contribution in [2.24, 2.45) is 5.73 Å². The van der Waals surface area contributed by atoms with E-state index in [1.165, 1.54) is 6.07 Å². The number of nitrogens with one attached hydrogen (secondary N) is 1. The Labute approximate surface area is 123 Å². The van der Waals surface area contributed by atoms with E-state index < -0.39 is 0 Å². The molecule has 0 saturated carbocycles. The molecule has 0 aliphatic heterocycles. The van der Waals surface area contributed by atoms with Crippen LogP contribution in [0.1, 0.15) is 11.1 Å². The number of amides is 1. The topological polar surface area (TPSA) is 55.1 Å². The first-order valence-electron chi connectivity index (χ1n) is 6.51. The maximum absolute atomic E-state index is 13.5. The highest BCUT2D eigenvalue weighted by atomic mass is 19.1. The highest BCUT2D eigenvalue weighted by molar-refractivity contribution is 5.92. The minimum atomic E-state index is -0.379. The second-order valence-corrected chi connectivity index (χ2v) is 4.40. The molecule has 1 amide bonds. The van der Waals surface area contributed by atoms with Crippen molar-refractivity contribution >= 4 is 11.6 Å². The number of hydrogen-bond donors (Lipinski definition) is 2. The maximum Gasteiger partial charge on any atom is 0.228 e. The van der Waals surface area contributed by atoms with Crippen LogP contribution in [-0.4, -0.2) is 12.5 Å². The first-order chi connectivity index (χ1) is 10.2. The van der Waals surface area contributed by atoms with Crippen molar-refractivity contribution in [2.75, 3.05) is 11.9 Å². The zero-order chi connectivity index (χ0) is 15.1. The van der Waals surface area contributed by atoms with Gasteiger partial charge in [0.1, 0.15) is 5.82 Å². The highest BCUT2D eigenvalue weighted by Crippen LogP contribution is 2.12. The SMILES string of the molecule is NCC#Cc1cccc(NC(=O)Cc2ccccc2F)c1. The lowest BCUT2D eigenvalue weighted by Crippen LogP contribution is -2.15. The largest absolute Gasteiger partial charge is 0.326 e. The number of rotatable bonds is 3. The molecular weight excluding hydrogens is 267 g/mol. The van der Waals surface area contributed by atoms with E-state index in [-0.39, 0.29) is 24.7 Å². The molecule has 2 rings (SSSR count). The second-order valence-electron chi connectivity index (χ2n) is 4.40. The van der Waals surface area contributed by atoms with Crippen LogP contribution in [0.25, 0.3) is 0 Å².